The Bertz CT molecular complexity index is 804. The van der Waals surface area contributed by atoms with Gasteiger partial charge in [-0.15, -0.1) is 0 Å². The minimum absolute atomic E-state index is 0.132. The van der Waals surface area contributed by atoms with Crippen LogP contribution in [0.25, 0.3) is 0 Å². The summed E-state index contributed by atoms with van der Waals surface area (Å²) in [6, 6.07) is 9.62. The van der Waals surface area contributed by atoms with Crippen molar-refractivity contribution in [1.82, 2.24) is 0 Å². The molecule has 0 atom stereocenters. The predicted octanol–water partition coefficient (Wildman–Crippen LogP) is 3.32. The van der Waals surface area contributed by atoms with Crippen LogP contribution in [0.2, 0.25) is 5.02 Å². The fourth-order valence-electron chi connectivity index (χ4n) is 1.63. The molecule has 0 amide bonds. The van der Waals surface area contributed by atoms with Gasteiger partial charge in [0.05, 0.1) is 4.92 Å². The molecule has 0 unspecified atom stereocenters. The number of aryl methyl sites for hydroxylation is 1. The molecule has 0 heterocycles. The summed E-state index contributed by atoms with van der Waals surface area (Å²) in [5.41, 5.74) is 0.329. The van der Waals surface area contributed by atoms with Gasteiger partial charge >= 0.3 is 10.1 Å². The highest BCUT2D eigenvalue weighted by molar-refractivity contribution is 7.87. The number of rotatable bonds is 4. The van der Waals surface area contributed by atoms with Crippen LogP contribution in [0.4, 0.5) is 5.69 Å². The van der Waals surface area contributed by atoms with E-state index in [0.717, 1.165) is 23.8 Å². The second-order valence-corrected chi connectivity index (χ2v) is 6.18. The number of nitro groups is 1. The molecule has 21 heavy (non-hydrogen) atoms. The largest absolute Gasteiger partial charge is 0.379 e. The third-order valence-corrected chi connectivity index (χ3v) is 4.16. The summed E-state index contributed by atoms with van der Waals surface area (Å²) < 4.78 is 29.2. The average Bonchev–Trinajstić information content (AvgIpc) is 2.38. The maximum absolute atomic E-state index is 12.1. The molecule has 0 fully saturated rings. The van der Waals surface area contributed by atoms with Gasteiger partial charge in [-0.1, -0.05) is 23.7 Å². The normalized spacial score (nSPS) is 11.1. The summed E-state index contributed by atoms with van der Waals surface area (Å²) >= 11 is 5.64. The molecule has 0 saturated heterocycles. The van der Waals surface area contributed by atoms with E-state index in [1.807, 2.05) is 0 Å². The first-order valence-electron chi connectivity index (χ1n) is 5.75. The molecule has 110 valence electrons. The average molecular weight is 328 g/mol. The van der Waals surface area contributed by atoms with Gasteiger partial charge < -0.3 is 4.18 Å². The highest BCUT2D eigenvalue weighted by Gasteiger charge is 2.22. The molecule has 6 nitrogen and oxygen atoms in total. The van der Waals surface area contributed by atoms with Crippen LogP contribution in [0.15, 0.2) is 47.4 Å². The minimum Gasteiger partial charge on any atom is -0.379 e. The minimum atomic E-state index is -4.17. The fraction of sp³-hybridized carbons (Fsp3) is 0.0769. The lowest BCUT2D eigenvalue weighted by Gasteiger charge is -2.07. The van der Waals surface area contributed by atoms with Gasteiger partial charge in [0.15, 0.2) is 0 Å². The highest BCUT2D eigenvalue weighted by atomic mass is 35.5. The van der Waals surface area contributed by atoms with Gasteiger partial charge in [0.2, 0.25) is 0 Å². The summed E-state index contributed by atoms with van der Waals surface area (Å²) in [6.45, 7) is 1.78. The van der Waals surface area contributed by atoms with Crippen molar-refractivity contribution in [2.45, 2.75) is 11.8 Å². The Morgan fingerprint density at radius 2 is 1.90 bits per heavy atom. The molecule has 0 spiro atoms. The lowest BCUT2D eigenvalue weighted by molar-refractivity contribution is -0.384. The molecular formula is C13H10ClNO5S. The molecule has 2 aromatic rings. The first-order chi connectivity index (χ1) is 9.79. The van der Waals surface area contributed by atoms with Gasteiger partial charge in [-0.05, 0) is 36.8 Å². The van der Waals surface area contributed by atoms with Gasteiger partial charge in [-0.25, -0.2) is 0 Å². The van der Waals surface area contributed by atoms with Gasteiger partial charge in [0, 0.05) is 6.07 Å². The molecule has 0 saturated carbocycles. The summed E-state index contributed by atoms with van der Waals surface area (Å²) in [5, 5.41) is 10.6. The van der Waals surface area contributed by atoms with Crippen LogP contribution in [-0.2, 0) is 10.1 Å². The smallest absolute Gasteiger partial charge is 0.339 e. The second kappa shape index (κ2) is 5.71. The third kappa shape index (κ3) is 3.50. The lowest BCUT2D eigenvalue weighted by Crippen LogP contribution is -2.10. The van der Waals surface area contributed by atoms with Crippen LogP contribution < -0.4 is 4.18 Å². The number of benzene rings is 2. The fourth-order valence-corrected chi connectivity index (χ4v) is 2.76. The molecule has 0 N–H and O–H groups in total. The van der Waals surface area contributed by atoms with Crippen molar-refractivity contribution in [2.24, 2.45) is 0 Å². The maximum Gasteiger partial charge on any atom is 0.339 e. The molecule has 0 aliphatic rings. The Hall–Kier alpha value is -2.12. The summed E-state index contributed by atoms with van der Waals surface area (Å²) in [7, 11) is -4.17. The maximum atomic E-state index is 12.1. The van der Waals surface area contributed by atoms with Crippen molar-refractivity contribution in [1.29, 1.82) is 0 Å². The number of hydrogen-bond donors (Lipinski definition) is 0. The van der Waals surface area contributed by atoms with E-state index in [1.165, 1.54) is 6.07 Å². The predicted molar refractivity (Wildman–Crippen MR) is 77.1 cm³/mol. The van der Waals surface area contributed by atoms with Crippen LogP contribution in [0.3, 0.4) is 0 Å². The van der Waals surface area contributed by atoms with E-state index >= 15 is 0 Å². The van der Waals surface area contributed by atoms with Crippen LogP contribution in [-0.4, -0.2) is 13.3 Å². The first-order valence-corrected chi connectivity index (χ1v) is 7.53. The van der Waals surface area contributed by atoms with E-state index in [2.05, 4.69) is 0 Å². The van der Waals surface area contributed by atoms with Crippen LogP contribution in [0, 0.1) is 17.0 Å². The van der Waals surface area contributed by atoms with E-state index in [4.69, 9.17) is 15.8 Å². The zero-order valence-corrected chi connectivity index (χ0v) is 12.4. The number of nitro benzene ring substituents is 1. The third-order valence-electron chi connectivity index (χ3n) is 2.60. The van der Waals surface area contributed by atoms with E-state index in [9.17, 15) is 18.5 Å². The zero-order chi connectivity index (χ0) is 15.6. The van der Waals surface area contributed by atoms with Crippen LogP contribution >= 0.6 is 11.6 Å². The van der Waals surface area contributed by atoms with Gasteiger partial charge in [0.25, 0.3) is 5.69 Å². The van der Waals surface area contributed by atoms with E-state index in [1.54, 1.807) is 25.1 Å². The topological polar surface area (TPSA) is 86.5 Å². The number of hydrogen-bond acceptors (Lipinski definition) is 5. The second-order valence-electron chi connectivity index (χ2n) is 4.22. The Morgan fingerprint density at radius 3 is 2.52 bits per heavy atom. The molecule has 2 rings (SSSR count). The quantitative estimate of drug-likeness (QED) is 0.488. The van der Waals surface area contributed by atoms with Gasteiger partial charge in [-0.3, -0.25) is 10.1 Å². The van der Waals surface area contributed by atoms with E-state index < -0.39 is 20.7 Å². The molecule has 0 aliphatic heterocycles. The molecule has 0 aromatic heterocycles. The number of halogens is 1. The molecule has 0 bridgehead atoms. The van der Waals surface area contributed by atoms with E-state index in [0.29, 0.717) is 0 Å². The van der Waals surface area contributed by atoms with Gasteiger partial charge in [-0.2, -0.15) is 8.42 Å². The molecular weight excluding hydrogens is 318 g/mol. The lowest BCUT2D eigenvalue weighted by atomic mass is 10.2. The summed E-state index contributed by atoms with van der Waals surface area (Å²) in [6.07, 6.45) is 0. The Balaban J connectivity index is 2.40. The molecule has 8 heteroatoms. The summed E-state index contributed by atoms with van der Waals surface area (Å²) in [5.74, 6) is 0.132. The van der Waals surface area contributed by atoms with E-state index in [-0.39, 0.29) is 15.7 Å². The Kier molecular flexibility index (Phi) is 4.15. The van der Waals surface area contributed by atoms with Crippen molar-refractivity contribution in [2.75, 3.05) is 0 Å². The molecule has 2 aromatic carbocycles. The zero-order valence-electron chi connectivity index (χ0n) is 10.8. The Morgan fingerprint density at radius 1 is 1.19 bits per heavy atom. The Labute approximate surface area is 126 Å². The van der Waals surface area contributed by atoms with Gasteiger partial charge in [0.1, 0.15) is 15.7 Å². The monoisotopic (exact) mass is 327 g/mol. The molecule has 0 radical (unpaired) electrons. The van der Waals surface area contributed by atoms with Crippen LogP contribution in [0.5, 0.6) is 5.75 Å². The van der Waals surface area contributed by atoms with Crippen molar-refractivity contribution in [3.63, 3.8) is 0 Å². The highest BCUT2D eigenvalue weighted by Crippen LogP contribution is 2.28. The van der Waals surface area contributed by atoms with Crippen molar-refractivity contribution in [3.05, 3.63) is 63.2 Å². The van der Waals surface area contributed by atoms with Crippen LogP contribution in [0.1, 0.15) is 5.56 Å². The first kappa shape index (κ1) is 15.3. The SMILES string of the molecule is Cc1cccc(OS(=O)(=O)c2ccc(Cl)c([N+](=O)[O-])c2)c1. The standard InChI is InChI=1S/C13H10ClNO5S/c1-9-3-2-4-10(7-9)20-21(18,19)11-5-6-12(14)13(8-11)15(16)17/h2-8H,1H3. The summed E-state index contributed by atoms with van der Waals surface area (Å²) in [4.78, 5) is 9.70. The number of nitrogens with zero attached hydrogens (tertiary/aromatic N) is 1. The molecule has 0 aliphatic carbocycles. The van der Waals surface area contributed by atoms with Crippen molar-refractivity contribution < 1.29 is 17.5 Å². The van der Waals surface area contributed by atoms with Crippen molar-refractivity contribution >= 4 is 27.4 Å². The van der Waals surface area contributed by atoms with Crippen molar-refractivity contribution in [3.8, 4) is 5.75 Å².